The zero-order chi connectivity index (χ0) is 20.1. The van der Waals surface area contributed by atoms with Crippen LogP contribution in [0.25, 0.3) is 0 Å². The van der Waals surface area contributed by atoms with E-state index in [0.717, 1.165) is 5.75 Å². The third-order valence-electron chi connectivity index (χ3n) is 5.88. The van der Waals surface area contributed by atoms with Crippen LogP contribution in [-0.2, 0) is 5.75 Å². The number of carbonyl (C=O) groups is 1. The molecule has 0 radical (unpaired) electrons. The van der Waals surface area contributed by atoms with Crippen molar-refractivity contribution in [3.05, 3.63) is 93.4 Å². The SMILES string of the molecule is CN1C[C@H](C2c3ccccc3CSc3ccccc32)n2ccc(=O)c(O)c2C1=O. The van der Waals surface area contributed by atoms with Gasteiger partial charge < -0.3 is 14.6 Å². The van der Waals surface area contributed by atoms with Crippen molar-refractivity contribution in [3.63, 3.8) is 0 Å². The first-order chi connectivity index (χ1) is 14.1. The van der Waals surface area contributed by atoms with Crippen molar-refractivity contribution in [3.8, 4) is 5.75 Å². The third kappa shape index (κ3) is 2.78. The summed E-state index contributed by atoms with van der Waals surface area (Å²) in [7, 11) is 1.72. The number of hydrogen-bond donors (Lipinski definition) is 1. The average molecular weight is 404 g/mol. The molecule has 5 rings (SSSR count). The standard InChI is InChI=1S/C23H20N2O3S/c1-24-12-17(25-11-10-18(26)22(27)21(25)23(24)28)20-15-7-3-2-6-14(15)13-29-19-9-5-4-8-16(19)20/h2-11,17,20,27H,12-13H2,1H3/t17-,20?/m1/s1. The normalized spacial score (nSPS) is 20.4. The van der Waals surface area contributed by atoms with Crippen molar-refractivity contribution < 1.29 is 9.90 Å². The van der Waals surface area contributed by atoms with Crippen molar-refractivity contribution in [2.45, 2.75) is 22.6 Å². The molecule has 2 aliphatic rings. The molecule has 0 spiro atoms. The van der Waals surface area contributed by atoms with Crippen LogP contribution in [0.5, 0.6) is 5.75 Å². The van der Waals surface area contributed by atoms with Gasteiger partial charge in [0.15, 0.2) is 11.4 Å². The Labute approximate surface area is 172 Å². The molecule has 0 saturated heterocycles. The van der Waals surface area contributed by atoms with Crippen molar-refractivity contribution in [1.29, 1.82) is 0 Å². The molecule has 6 heteroatoms. The van der Waals surface area contributed by atoms with Crippen LogP contribution in [-0.4, -0.2) is 34.1 Å². The number of fused-ring (bicyclic) bond motifs is 3. The highest BCUT2D eigenvalue weighted by molar-refractivity contribution is 7.98. The van der Waals surface area contributed by atoms with Crippen molar-refractivity contribution in [2.75, 3.05) is 13.6 Å². The molecule has 5 nitrogen and oxygen atoms in total. The van der Waals surface area contributed by atoms with E-state index in [-0.39, 0.29) is 23.6 Å². The van der Waals surface area contributed by atoms with E-state index in [4.69, 9.17) is 0 Å². The second-order valence-electron chi connectivity index (χ2n) is 7.54. The van der Waals surface area contributed by atoms with Gasteiger partial charge >= 0.3 is 0 Å². The quantitative estimate of drug-likeness (QED) is 0.673. The Bertz CT molecular complexity index is 1140. The molecule has 2 aliphatic heterocycles. The third-order valence-corrected chi connectivity index (χ3v) is 7.02. The minimum Gasteiger partial charge on any atom is -0.503 e. The minimum absolute atomic E-state index is 0.00592. The predicted molar refractivity (Wildman–Crippen MR) is 113 cm³/mol. The molecule has 1 N–H and O–H groups in total. The van der Waals surface area contributed by atoms with Crippen LogP contribution in [0.15, 0.2) is 70.5 Å². The summed E-state index contributed by atoms with van der Waals surface area (Å²) in [5, 5.41) is 10.4. The maximum Gasteiger partial charge on any atom is 0.274 e. The number of carbonyl (C=O) groups excluding carboxylic acids is 1. The number of amides is 1. The maximum absolute atomic E-state index is 12.8. The largest absolute Gasteiger partial charge is 0.503 e. The first-order valence-corrected chi connectivity index (χ1v) is 10.5. The lowest BCUT2D eigenvalue weighted by molar-refractivity contribution is 0.0701. The van der Waals surface area contributed by atoms with E-state index in [1.807, 2.05) is 30.0 Å². The van der Waals surface area contributed by atoms with Gasteiger partial charge in [-0.25, -0.2) is 0 Å². The van der Waals surface area contributed by atoms with E-state index in [1.165, 1.54) is 27.7 Å². The van der Waals surface area contributed by atoms with Gasteiger partial charge in [0.2, 0.25) is 5.43 Å². The van der Waals surface area contributed by atoms with Crippen molar-refractivity contribution in [2.24, 2.45) is 0 Å². The molecule has 0 bridgehead atoms. The zero-order valence-corrected chi connectivity index (χ0v) is 16.7. The Morgan fingerprint density at radius 3 is 2.55 bits per heavy atom. The number of benzene rings is 2. The van der Waals surface area contributed by atoms with Gasteiger partial charge in [-0.1, -0.05) is 42.5 Å². The van der Waals surface area contributed by atoms with Gasteiger partial charge in [0.05, 0.1) is 6.04 Å². The number of nitrogens with zero attached hydrogens (tertiary/aromatic N) is 2. The molecule has 2 aromatic carbocycles. The molecule has 1 amide bonds. The lowest BCUT2D eigenvalue weighted by Gasteiger charge is -2.39. The molecule has 3 aromatic rings. The summed E-state index contributed by atoms with van der Waals surface area (Å²) in [5.74, 6) is 0.0706. The number of aromatic nitrogens is 1. The first-order valence-electron chi connectivity index (χ1n) is 9.55. The summed E-state index contributed by atoms with van der Waals surface area (Å²) < 4.78 is 1.80. The van der Waals surface area contributed by atoms with Crippen LogP contribution in [0.3, 0.4) is 0 Å². The lowest BCUT2D eigenvalue weighted by Crippen LogP contribution is -2.44. The smallest absolute Gasteiger partial charge is 0.274 e. The summed E-state index contributed by atoms with van der Waals surface area (Å²) in [6.07, 6.45) is 1.65. The van der Waals surface area contributed by atoms with Crippen LogP contribution < -0.4 is 5.43 Å². The molecule has 2 atom stereocenters. The van der Waals surface area contributed by atoms with Gasteiger partial charge in [0, 0.05) is 42.4 Å². The molecule has 1 aromatic heterocycles. The fourth-order valence-electron chi connectivity index (χ4n) is 4.50. The Hall–Kier alpha value is -2.99. The van der Waals surface area contributed by atoms with Gasteiger partial charge in [0.25, 0.3) is 5.91 Å². The van der Waals surface area contributed by atoms with Crippen molar-refractivity contribution >= 4 is 17.7 Å². The fraction of sp³-hybridized carbons (Fsp3) is 0.217. The van der Waals surface area contributed by atoms with E-state index >= 15 is 0 Å². The van der Waals surface area contributed by atoms with E-state index in [0.29, 0.717) is 6.54 Å². The Balaban J connectivity index is 1.79. The molecule has 0 saturated carbocycles. The lowest BCUT2D eigenvalue weighted by atomic mass is 9.81. The molecule has 3 heterocycles. The molecule has 29 heavy (non-hydrogen) atoms. The van der Waals surface area contributed by atoms with E-state index in [2.05, 4.69) is 30.3 Å². The Kier molecular flexibility index (Phi) is 4.24. The zero-order valence-electron chi connectivity index (χ0n) is 15.9. The monoisotopic (exact) mass is 404 g/mol. The summed E-state index contributed by atoms with van der Waals surface area (Å²) in [5.41, 5.74) is 3.24. The second kappa shape index (κ2) is 6.81. The fourth-order valence-corrected chi connectivity index (χ4v) is 5.61. The summed E-state index contributed by atoms with van der Waals surface area (Å²) in [6, 6.07) is 18.0. The first kappa shape index (κ1) is 18.1. The van der Waals surface area contributed by atoms with Crippen LogP contribution in [0.1, 0.15) is 39.1 Å². The highest BCUT2D eigenvalue weighted by Gasteiger charge is 2.39. The maximum atomic E-state index is 12.8. The molecule has 0 fully saturated rings. The average Bonchev–Trinajstić information content (AvgIpc) is 2.90. The summed E-state index contributed by atoms with van der Waals surface area (Å²) >= 11 is 1.82. The van der Waals surface area contributed by atoms with Crippen LogP contribution >= 0.6 is 11.8 Å². The number of hydrogen-bond acceptors (Lipinski definition) is 4. The molecule has 0 aliphatic carbocycles. The second-order valence-corrected chi connectivity index (χ2v) is 8.56. The van der Waals surface area contributed by atoms with Crippen LogP contribution in [0.4, 0.5) is 0 Å². The Morgan fingerprint density at radius 1 is 1.00 bits per heavy atom. The highest BCUT2D eigenvalue weighted by Crippen LogP contribution is 2.47. The van der Waals surface area contributed by atoms with Gasteiger partial charge in [0.1, 0.15) is 0 Å². The van der Waals surface area contributed by atoms with E-state index in [1.54, 1.807) is 22.7 Å². The van der Waals surface area contributed by atoms with Crippen molar-refractivity contribution in [1.82, 2.24) is 9.47 Å². The van der Waals surface area contributed by atoms with Gasteiger partial charge in [-0.2, -0.15) is 0 Å². The van der Waals surface area contributed by atoms with Gasteiger partial charge in [-0.15, -0.1) is 11.8 Å². The van der Waals surface area contributed by atoms with Gasteiger partial charge in [-0.3, -0.25) is 9.59 Å². The van der Waals surface area contributed by atoms with E-state index in [9.17, 15) is 14.7 Å². The van der Waals surface area contributed by atoms with Gasteiger partial charge in [-0.05, 0) is 22.8 Å². The van der Waals surface area contributed by atoms with E-state index < -0.39 is 11.2 Å². The summed E-state index contributed by atoms with van der Waals surface area (Å²) in [6.45, 7) is 0.492. The molecule has 146 valence electrons. The molecular formula is C23H20N2O3S. The molecular weight excluding hydrogens is 384 g/mol. The number of aromatic hydroxyl groups is 1. The summed E-state index contributed by atoms with van der Waals surface area (Å²) in [4.78, 5) is 27.6. The highest BCUT2D eigenvalue weighted by atomic mass is 32.2. The minimum atomic E-state index is -0.532. The number of pyridine rings is 1. The van der Waals surface area contributed by atoms with Crippen LogP contribution in [0, 0.1) is 0 Å². The molecule has 1 unspecified atom stereocenters. The number of likely N-dealkylation sites (N-methyl/N-ethyl adjacent to an activating group) is 1. The number of rotatable bonds is 1. The Morgan fingerprint density at radius 2 is 1.72 bits per heavy atom. The topological polar surface area (TPSA) is 62.5 Å². The predicted octanol–water partition coefficient (Wildman–Crippen LogP) is 3.62. The number of thioether (sulfide) groups is 1. The van der Waals surface area contributed by atoms with Crippen LogP contribution in [0.2, 0.25) is 0 Å².